The fraction of sp³-hybridized carbons (Fsp3) is 0.684. The average molecular weight is 288 g/mol. The van der Waals surface area contributed by atoms with Crippen LogP contribution < -0.4 is 4.74 Å². The van der Waals surface area contributed by atoms with Gasteiger partial charge in [0.25, 0.3) is 0 Å². The highest BCUT2D eigenvalue weighted by Crippen LogP contribution is 2.51. The molecule has 0 bridgehead atoms. The molecule has 2 nitrogen and oxygen atoms in total. The van der Waals surface area contributed by atoms with E-state index in [4.69, 9.17) is 4.74 Å². The minimum atomic E-state index is -0.423. The van der Waals surface area contributed by atoms with Crippen LogP contribution in [0.5, 0.6) is 5.75 Å². The van der Waals surface area contributed by atoms with E-state index in [1.807, 2.05) is 12.1 Å². The maximum atomic E-state index is 10.9. The molecule has 0 aromatic heterocycles. The average Bonchev–Trinajstić information content (AvgIpc) is 2.98. The van der Waals surface area contributed by atoms with Gasteiger partial charge in [-0.1, -0.05) is 25.0 Å². The van der Waals surface area contributed by atoms with Crippen molar-refractivity contribution in [2.24, 2.45) is 5.41 Å². The number of ether oxygens (including phenoxy) is 1. The molecule has 1 spiro atoms. The van der Waals surface area contributed by atoms with Crippen molar-refractivity contribution in [2.75, 3.05) is 7.11 Å². The Bertz CT molecular complexity index is 447. The van der Waals surface area contributed by atoms with Gasteiger partial charge in [0.15, 0.2) is 0 Å². The quantitative estimate of drug-likeness (QED) is 0.884. The molecule has 0 unspecified atom stereocenters. The topological polar surface area (TPSA) is 29.5 Å². The molecule has 2 heteroatoms. The second-order valence-electron chi connectivity index (χ2n) is 7.28. The fourth-order valence-electron chi connectivity index (χ4n) is 4.29. The second-order valence-corrected chi connectivity index (χ2v) is 7.28. The Morgan fingerprint density at radius 3 is 2.14 bits per heavy atom. The number of hydrogen-bond acceptors (Lipinski definition) is 2. The standard InChI is InChI=1S/C19H28O2/c1-21-17-6-4-16(5-7-17)8-11-19(20)14-12-18(13-15-19)9-2-3-10-18/h4-7,20H,2-3,8-15H2,1H3. The minimum absolute atomic E-state index is 0.423. The SMILES string of the molecule is COc1ccc(CCC2(O)CCC3(CCCC3)CC2)cc1. The molecule has 2 aliphatic carbocycles. The van der Waals surface area contributed by atoms with Crippen LogP contribution in [-0.4, -0.2) is 17.8 Å². The summed E-state index contributed by atoms with van der Waals surface area (Å²) in [6.07, 6.45) is 12.0. The monoisotopic (exact) mass is 288 g/mol. The molecule has 1 aromatic carbocycles. The lowest BCUT2D eigenvalue weighted by atomic mass is 9.66. The van der Waals surface area contributed by atoms with Gasteiger partial charge in [0.2, 0.25) is 0 Å². The molecule has 2 fully saturated rings. The van der Waals surface area contributed by atoms with Gasteiger partial charge in [0.1, 0.15) is 5.75 Å². The molecule has 3 rings (SSSR count). The highest BCUT2D eigenvalue weighted by molar-refractivity contribution is 5.27. The summed E-state index contributed by atoms with van der Waals surface area (Å²) in [5.74, 6) is 0.901. The maximum Gasteiger partial charge on any atom is 0.118 e. The Morgan fingerprint density at radius 1 is 0.952 bits per heavy atom. The Kier molecular flexibility index (Phi) is 4.26. The van der Waals surface area contributed by atoms with Gasteiger partial charge < -0.3 is 9.84 Å². The largest absolute Gasteiger partial charge is 0.497 e. The van der Waals surface area contributed by atoms with Gasteiger partial charge in [-0.15, -0.1) is 0 Å². The van der Waals surface area contributed by atoms with Gasteiger partial charge in [-0.2, -0.15) is 0 Å². The summed E-state index contributed by atoms with van der Waals surface area (Å²) in [7, 11) is 1.69. The molecule has 1 N–H and O–H groups in total. The zero-order valence-corrected chi connectivity index (χ0v) is 13.2. The molecule has 0 aliphatic heterocycles. The van der Waals surface area contributed by atoms with E-state index < -0.39 is 5.60 Å². The maximum absolute atomic E-state index is 10.9. The van der Waals surface area contributed by atoms with E-state index in [2.05, 4.69) is 12.1 Å². The van der Waals surface area contributed by atoms with E-state index >= 15 is 0 Å². The first kappa shape index (κ1) is 14.9. The molecule has 0 radical (unpaired) electrons. The first-order chi connectivity index (χ1) is 10.1. The van der Waals surface area contributed by atoms with Crippen molar-refractivity contribution in [3.8, 4) is 5.75 Å². The van der Waals surface area contributed by atoms with Crippen molar-refractivity contribution >= 4 is 0 Å². The smallest absolute Gasteiger partial charge is 0.118 e. The Labute approximate surface area is 128 Å². The molecule has 1 aromatic rings. The highest BCUT2D eigenvalue weighted by atomic mass is 16.5. The number of methoxy groups -OCH3 is 1. The van der Waals surface area contributed by atoms with E-state index in [0.717, 1.165) is 31.4 Å². The molecule has 0 heterocycles. The third-order valence-electron chi connectivity index (χ3n) is 5.94. The van der Waals surface area contributed by atoms with Gasteiger partial charge in [-0.05, 0) is 74.5 Å². The van der Waals surface area contributed by atoms with Crippen molar-refractivity contribution in [3.05, 3.63) is 29.8 Å². The van der Waals surface area contributed by atoms with Crippen LogP contribution in [0.3, 0.4) is 0 Å². The van der Waals surface area contributed by atoms with Crippen LogP contribution in [0.1, 0.15) is 63.4 Å². The third-order valence-corrected chi connectivity index (χ3v) is 5.94. The lowest BCUT2D eigenvalue weighted by Gasteiger charge is -2.42. The van der Waals surface area contributed by atoms with Crippen LogP contribution in [0.4, 0.5) is 0 Å². The predicted octanol–water partition coefficient (Wildman–Crippen LogP) is 4.49. The predicted molar refractivity (Wildman–Crippen MR) is 85.6 cm³/mol. The summed E-state index contributed by atoms with van der Waals surface area (Å²) < 4.78 is 5.19. The zero-order valence-electron chi connectivity index (χ0n) is 13.2. The van der Waals surface area contributed by atoms with E-state index in [1.165, 1.54) is 44.1 Å². The molecule has 21 heavy (non-hydrogen) atoms. The molecule has 2 saturated carbocycles. The van der Waals surface area contributed by atoms with Gasteiger partial charge in [-0.25, -0.2) is 0 Å². The van der Waals surface area contributed by atoms with Gasteiger partial charge in [-0.3, -0.25) is 0 Å². The van der Waals surface area contributed by atoms with Gasteiger partial charge in [0, 0.05) is 0 Å². The van der Waals surface area contributed by atoms with E-state index in [9.17, 15) is 5.11 Å². The minimum Gasteiger partial charge on any atom is -0.497 e. The summed E-state index contributed by atoms with van der Waals surface area (Å²) in [4.78, 5) is 0. The lowest BCUT2D eigenvalue weighted by Crippen LogP contribution is -2.38. The second kappa shape index (κ2) is 6.00. The van der Waals surface area contributed by atoms with E-state index in [0.29, 0.717) is 5.41 Å². The zero-order chi connectivity index (χ0) is 14.8. The van der Waals surface area contributed by atoms with Crippen LogP contribution in [0, 0.1) is 5.41 Å². The first-order valence-electron chi connectivity index (χ1n) is 8.49. The molecule has 0 amide bonds. The normalized spacial score (nSPS) is 23.3. The summed E-state index contributed by atoms with van der Waals surface area (Å²) in [5.41, 5.74) is 1.48. The van der Waals surface area contributed by atoms with Crippen molar-refractivity contribution < 1.29 is 9.84 Å². The van der Waals surface area contributed by atoms with Gasteiger partial charge >= 0.3 is 0 Å². The van der Waals surface area contributed by atoms with Crippen molar-refractivity contribution in [1.29, 1.82) is 0 Å². The van der Waals surface area contributed by atoms with Crippen LogP contribution in [0.2, 0.25) is 0 Å². The third kappa shape index (κ3) is 3.42. The molecule has 0 atom stereocenters. The van der Waals surface area contributed by atoms with E-state index in [1.54, 1.807) is 7.11 Å². The van der Waals surface area contributed by atoms with Crippen LogP contribution in [0.15, 0.2) is 24.3 Å². The number of benzene rings is 1. The number of aliphatic hydroxyl groups is 1. The Morgan fingerprint density at radius 2 is 1.57 bits per heavy atom. The van der Waals surface area contributed by atoms with Crippen LogP contribution in [-0.2, 0) is 6.42 Å². The number of aryl methyl sites for hydroxylation is 1. The first-order valence-corrected chi connectivity index (χ1v) is 8.49. The highest BCUT2D eigenvalue weighted by Gasteiger charge is 2.42. The molecule has 0 saturated heterocycles. The van der Waals surface area contributed by atoms with Crippen molar-refractivity contribution in [3.63, 3.8) is 0 Å². The Hall–Kier alpha value is -1.02. The molecule has 2 aliphatic rings. The summed E-state index contributed by atoms with van der Waals surface area (Å²) in [6.45, 7) is 0. The van der Waals surface area contributed by atoms with E-state index in [-0.39, 0.29) is 0 Å². The van der Waals surface area contributed by atoms with Crippen molar-refractivity contribution in [1.82, 2.24) is 0 Å². The molecular weight excluding hydrogens is 260 g/mol. The fourth-order valence-corrected chi connectivity index (χ4v) is 4.29. The molecule has 116 valence electrons. The van der Waals surface area contributed by atoms with Gasteiger partial charge in [0.05, 0.1) is 12.7 Å². The summed E-state index contributed by atoms with van der Waals surface area (Å²) in [6, 6.07) is 8.24. The van der Waals surface area contributed by atoms with Crippen LogP contribution in [0.25, 0.3) is 0 Å². The summed E-state index contributed by atoms with van der Waals surface area (Å²) >= 11 is 0. The summed E-state index contributed by atoms with van der Waals surface area (Å²) in [5, 5.41) is 10.9. The number of hydrogen-bond donors (Lipinski definition) is 1. The lowest BCUT2D eigenvalue weighted by molar-refractivity contribution is -0.0385. The number of rotatable bonds is 4. The van der Waals surface area contributed by atoms with Crippen molar-refractivity contribution in [2.45, 2.75) is 69.8 Å². The van der Waals surface area contributed by atoms with Crippen LogP contribution >= 0.6 is 0 Å². The molecular formula is C19H28O2. The Balaban J connectivity index is 1.52.